The zero-order valence-electron chi connectivity index (χ0n) is 9.53. The van der Waals surface area contributed by atoms with E-state index >= 15 is 0 Å². The van der Waals surface area contributed by atoms with Crippen molar-refractivity contribution in [3.8, 4) is 0 Å². The van der Waals surface area contributed by atoms with Crippen molar-refractivity contribution in [3.63, 3.8) is 0 Å². The number of hydrogen-bond acceptors (Lipinski definition) is 3. The van der Waals surface area contributed by atoms with Crippen LogP contribution in [-0.4, -0.2) is 24.4 Å². The van der Waals surface area contributed by atoms with E-state index in [1.807, 2.05) is 0 Å². The van der Waals surface area contributed by atoms with Gasteiger partial charge in [-0.1, -0.05) is 12.1 Å². The maximum absolute atomic E-state index is 11.4. The molecule has 4 nitrogen and oxygen atoms in total. The molecule has 0 fully saturated rings. The summed E-state index contributed by atoms with van der Waals surface area (Å²) in [4.78, 5) is 22.3. The van der Waals surface area contributed by atoms with E-state index in [1.54, 1.807) is 31.2 Å². The summed E-state index contributed by atoms with van der Waals surface area (Å²) in [6.45, 7) is 2.51. The van der Waals surface area contributed by atoms with Crippen molar-refractivity contribution in [2.75, 3.05) is 12.5 Å². The molecule has 0 unspecified atom stereocenters. The van der Waals surface area contributed by atoms with Crippen molar-refractivity contribution in [2.24, 2.45) is 0 Å². The van der Waals surface area contributed by atoms with Crippen LogP contribution in [0.25, 0.3) is 0 Å². The first-order valence-electron chi connectivity index (χ1n) is 5.26. The zero-order chi connectivity index (χ0) is 12.7. The second-order valence-electron chi connectivity index (χ2n) is 3.33. The molecule has 0 radical (unpaired) electrons. The molecule has 0 aliphatic carbocycles. The van der Waals surface area contributed by atoms with Crippen LogP contribution < -0.4 is 5.32 Å². The molecule has 1 N–H and O–H groups in total. The molecule has 5 heteroatoms. The van der Waals surface area contributed by atoms with Gasteiger partial charge in [-0.25, -0.2) is 4.79 Å². The van der Waals surface area contributed by atoms with Gasteiger partial charge in [0, 0.05) is 6.54 Å². The van der Waals surface area contributed by atoms with Gasteiger partial charge in [-0.3, -0.25) is 4.79 Å². The molecular formula is C12H14ClNO3. The summed E-state index contributed by atoms with van der Waals surface area (Å²) in [7, 11) is 0. The van der Waals surface area contributed by atoms with Gasteiger partial charge in [-0.15, -0.1) is 11.6 Å². The lowest BCUT2D eigenvalue weighted by atomic mass is 10.1. The van der Waals surface area contributed by atoms with Crippen LogP contribution in [0.1, 0.15) is 22.8 Å². The van der Waals surface area contributed by atoms with Gasteiger partial charge in [0.15, 0.2) is 0 Å². The molecule has 17 heavy (non-hydrogen) atoms. The SMILES string of the molecule is CCOC(=O)c1ccc(CNC(=O)CCl)cc1. The van der Waals surface area contributed by atoms with E-state index in [2.05, 4.69) is 5.32 Å². The Hall–Kier alpha value is -1.55. The van der Waals surface area contributed by atoms with Crippen molar-refractivity contribution < 1.29 is 14.3 Å². The number of amides is 1. The smallest absolute Gasteiger partial charge is 0.338 e. The highest BCUT2D eigenvalue weighted by Gasteiger charge is 2.05. The molecule has 0 saturated heterocycles. The van der Waals surface area contributed by atoms with E-state index in [0.29, 0.717) is 18.7 Å². The molecule has 1 aromatic carbocycles. The number of benzene rings is 1. The Morgan fingerprint density at radius 2 is 1.94 bits per heavy atom. The Morgan fingerprint density at radius 3 is 2.47 bits per heavy atom. The van der Waals surface area contributed by atoms with Gasteiger partial charge in [0.2, 0.25) is 5.91 Å². The van der Waals surface area contributed by atoms with Crippen molar-refractivity contribution >= 4 is 23.5 Å². The van der Waals surface area contributed by atoms with Gasteiger partial charge in [0.1, 0.15) is 5.88 Å². The average Bonchev–Trinajstić information content (AvgIpc) is 2.36. The number of carbonyl (C=O) groups is 2. The van der Waals surface area contributed by atoms with Crippen molar-refractivity contribution in [2.45, 2.75) is 13.5 Å². The van der Waals surface area contributed by atoms with Crippen LogP contribution in [0.15, 0.2) is 24.3 Å². The summed E-state index contributed by atoms with van der Waals surface area (Å²) in [6.07, 6.45) is 0. The third-order valence-corrected chi connectivity index (χ3v) is 2.32. The number of esters is 1. The lowest BCUT2D eigenvalue weighted by Crippen LogP contribution is -2.23. The molecule has 0 aliphatic heterocycles. The molecule has 0 spiro atoms. The standard InChI is InChI=1S/C12H14ClNO3/c1-2-17-12(16)10-5-3-9(4-6-10)8-14-11(15)7-13/h3-6H,2,7-8H2,1H3,(H,14,15). The van der Waals surface area contributed by atoms with E-state index < -0.39 is 0 Å². The van der Waals surface area contributed by atoms with Crippen LogP contribution in [-0.2, 0) is 16.1 Å². The largest absolute Gasteiger partial charge is 0.462 e. The third-order valence-electron chi connectivity index (χ3n) is 2.08. The van der Waals surface area contributed by atoms with Crippen LogP contribution >= 0.6 is 11.6 Å². The number of nitrogens with one attached hydrogen (secondary N) is 1. The first-order chi connectivity index (χ1) is 8.17. The van der Waals surface area contributed by atoms with Gasteiger partial charge in [-0.05, 0) is 24.6 Å². The maximum Gasteiger partial charge on any atom is 0.338 e. The van der Waals surface area contributed by atoms with Gasteiger partial charge in [0.25, 0.3) is 0 Å². The second-order valence-corrected chi connectivity index (χ2v) is 3.60. The normalized spacial score (nSPS) is 9.76. The molecule has 1 amide bonds. The van der Waals surface area contributed by atoms with Gasteiger partial charge in [-0.2, -0.15) is 0 Å². The second kappa shape index (κ2) is 6.91. The van der Waals surface area contributed by atoms with Crippen molar-refractivity contribution in [1.29, 1.82) is 0 Å². The summed E-state index contributed by atoms with van der Waals surface area (Å²) >= 11 is 5.35. The molecule has 92 valence electrons. The van der Waals surface area contributed by atoms with E-state index in [0.717, 1.165) is 5.56 Å². The van der Waals surface area contributed by atoms with E-state index in [4.69, 9.17) is 16.3 Å². The van der Waals surface area contributed by atoms with Gasteiger partial charge in [0.05, 0.1) is 12.2 Å². The van der Waals surface area contributed by atoms with Crippen LogP contribution in [0.3, 0.4) is 0 Å². The molecule has 0 atom stereocenters. The topological polar surface area (TPSA) is 55.4 Å². The Balaban J connectivity index is 2.56. The summed E-state index contributed by atoms with van der Waals surface area (Å²) in [5.41, 5.74) is 1.40. The lowest BCUT2D eigenvalue weighted by molar-refractivity contribution is -0.118. The minimum atomic E-state index is -0.344. The lowest BCUT2D eigenvalue weighted by Gasteiger charge is -2.05. The van der Waals surface area contributed by atoms with Crippen LogP contribution in [0.4, 0.5) is 0 Å². The summed E-state index contributed by atoms with van der Waals surface area (Å²) in [5.74, 6) is -0.619. The number of hydrogen-bond donors (Lipinski definition) is 1. The van der Waals surface area contributed by atoms with E-state index in [9.17, 15) is 9.59 Å². The predicted molar refractivity (Wildman–Crippen MR) is 65.0 cm³/mol. The number of rotatable bonds is 5. The van der Waals surface area contributed by atoms with Crippen molar-refractivity contribution in [1.82, 2.24) is 5.32 Å². The maximum atomic E-state index is 11.4. The monoisotopic (exact) mass is 255 g/mol. The molecule has 0 heterocycles. The highest BCUT2D eigenvalue weighted by molar-refractivity contribution is 6.27. The molecule has 0 aliphatic rings. The first-order valence-corrected chi connectivity index (χ1v) is 5.79. The van der Waals surface area contributed by atoms with E-state index in [-0.39, 0.29) is 17.8 Å². The Morgan fingerprint density at radius 1 is 1.29 bits per heavy atom. The summed E-state index contributed by atoms with van der Waals surface area (Å²) in [6, 6.07) is 6.86. The minimum absolute atomic E-state index is 0.0547. The quantitative estimate of drug-likeness (QED) is 0.644. The predicted octanol–water partition coefficient (Wildman–Crippen LogP) is 1.72. The minimum Gasteiger partial charge on any atom is -0.462 e. The van der Waals surface area contributed by atoms with Crippen LogP contribution in [0.2, 0.25) is 0 Å². The molecule has 1 rings (SSSR count). The van der Waals surface area contributed by atoms with Gasteiger partial charge < -0.3 is 10.1 Å². The first kappa shape index (κ1) is 13.5. The average molecular weight is 256 g/mol. The Bertz CT molecular complexity index is 389. The van der Waals surface area contributed by atoms with E-state index in [1.165, 1.54) is 0 Å². The number of alkyl halides is 1. The molecule has 0 bridgehead atoms. The highest BCUT2D eigenvalue weighted by Crippen LogP contribution is 2.06. The fourth-order valence-corrected chi connectivity index (χ4v) is 1.32. The third kappa shape index (κ3) is 4.44. The van der Waals surface area contributed by atoms with Crippen LogP contribution in [0, 0.1) is 0 Å². The van der Waals surface area contributed by atoms with Crippen molar-refractivity contribution in [3.05, 3.63) is 35.4 Å². The highest BCUT2D eigenvalue weighted by atomic mass is 35.5. The molecule has 0 aromatic heterocycles. The Kier molecular flexibility index (Phi) is 5.49. The fourth-order valence-electron chi connectivity index (χ4n) is 1.22. The number of halogens is 1. The fraction of sp³-hybridized carbons (Fsp3) is 0.333. The number of ether oxygens (including phenoxy) is 1. The number of carbonyl (C=O) groups excluding carboxylic acids is 2. The van der Waals surface area contributed by atoms with Crippen LogP contribution in [0.5, 0.6) is 0 Å². The summed E-state index contributed by atoms with van der Waals surface area (Å²) < 4.78 is 4.86. The molecule has 1 aromatic rings. The zero-order valence-corrected chi connectivity index (χ0v) is 10.3. The molecular weight excluding hydrogens is 242 g/mol. The Labute approximate surface area is 105 Å². The molecule has 0 saturated carbocycles. The summed E-state index contributed by atoms with van der Waals surface area (Å²) in [5, 5.41) is 2.64. The van der Waals surface area contributed by atoms with Gasteiger partial charge >= 0.3 is 5.97 Å².